The number of nitrogens with zero attached hydrogens (tertiary/aromatic N) is 1. The fourth-order valence-corrected chi connectivity index (χ4v) is 2.44. The zero-order valence-electron chi connectivity index (χ0n) is 15.5. The molecule has 0 amide bonds. The van der Waals surface area contributed by atoms with Crippen LogP contribution in [0.3, 0.4) is 0 Å². The Morgan fingerprint density at radius 1 is 1.00 bits per heavy atom. The SMILES string of the molecule is CCCCCOC(=O)c1cccc(N)c1C(=O)OCCN(CC)CC. The molecule has 0 bridgehead atoms. The Labute approximate surface area is 150 Å². The maximum absolute atomic E-state index is 12.4. The molecule has 0 heterocycles. The summed E-state index contributed by atoms with van der Waals surface area (Å²) in [4.78, 5) is 26.8. The average molecular weight is 350 g/mol. The van der Waals surface area contributed by atoms with Crippen molar-refractivity contribution in [3.05, 3.63) is 29.3 Å². The average Bonchev–Trinajstić information content (AvgIpc) is 2.61. The largest absolute Gasteiger partial charge is 0.462 e. The highest BCUT2D eigenvalue weighted by Crippen LogP contribution is 2.19. The van der Waals surface area contributed by atoms with E-state index in [0.717, 1.165) is 32.4 Å². The molecule has 0 aromatic heterocycles. The van der Waals surface area contributed by atoms with E-state index in [1.807, 2.05) is 13.8 Å². The Balaban J connectivity index is 2.74. The first kappa shape index (κ1) is 21.0. The van der Waals surface area contributed by atoms with Crippen LogP contribution in [-0.2, 0) is 9.47 Å². The number of unbranched alkanes of at least 4 members (excludes halogenated alkanes) is 2. The van der Waals surface area contributed by atoms with E-state index in [9.17, 15) is 9.59 Å². The Morgan fingerprint density at radius 2 is 1.68 bits per heavy atom. The van der Waals surface area contributed by atoms with Crippen molar-refractivity contribution in [3.63, 3.8) is 0 Å². The van der Waals surface area contributed by atoms with Crippen LogP contribution in [0.4, 0.5) is 5.69 Å². The highest BCUT2D eigenvalue weighted by Gasteiger charge is 2.22. The lowest BCUT2D eigenvalue weighted by Crippen LogP contribution is -2.28. The van der Waals surface area contributed by atoms with Gasteiger partial charge in [0.15, 0.2) is 0 Å². The van der Waals surface area contributed by atoms with Crippen molar-refractivity contribution in [1.29, 1.82) is 0 Å². The van der Waals surface area contributed by atoms with Crippen LogP contribution in [0.5, 0.6) is 0 Å². The Kier molecular flexibility index (Phi) is 9.62. The van der Waals surface area contributed by atoms with Crippen LogP contribution in [-0.4, -0.2) is 49.7 Å². The van der Waals surface area contributed by atoms with Gasteiger partial charge in [0.05, 0.1) is 17.7 Å². The fraction of sp³-hybridized carbons (Fsp3) is 0.579. The normalized spacial score (nSPS) is 10.7. The minimum absolute atomic E-state index is 0.0857. The Hall–Kier alpha value is -2.08. The molecule has 0 saturated carbocycles. The van der Waals surface area contributed by atoms with Crippen molar-refractivity contribution in [3.8, 4) is 0 Å². The number of esters is 2. The first-order valence-electron chi connectivity index (χ1n) is 9.00. The zero-order valence-corrected chi connectivity index (χ0v) is 15.5. The number of ether oxygens (including phenoxy) is 2. The van der Waals surface area contributed by atoms with Crippen molar-refractivity contribution >= 4 is 17.6 Å². The quantitative estimate of drug-likeness (QED) is 0.375. The lowest BCUT2D eigenvalue weighted by Gasteiger charge is -2.18. The van der Waals surface area contributed by atoms with Gasteiger partial charge >= 0.3 is 11.9 Å². The van der Waals surface area contributed by atoms with Crippen LogP contribution >= 0.6 is 0 Å². The van der Waals surface area contributed by atoms with Gasteiger partial charge in [-0.25, -0.2) is 9.59 Å². The van der Waals surface area contributed by atoms with E-state index in [4.69, 9.17) is 15.2 Å². The van der Waals surface area contributed by atoms with Gasteiger partial charge in [-0.3, -0.25) is 0 Å². The molecule has 140 valence electrons. The number of nitrogen functional groups attached to an aromatic ring is 1. The van der Waals surface area contributed by atoms with Crippen molar-refractivity contribution in [2.45, 2.75) is 40.0 Å². The number of benzene rings is 1. The molecule has 0 aliphatic carbocycles. The van der Waals surface area contributed by atoms with Gasteiger partial charge in [-0.05, 0) is 31.6 Å². The second-order valence-corrected chi connectivity index (χ2v) is 5.78. The number of hydrogen-bond acceptors (Lipinski definition) is 6. The van der Waals surface area contributed by atoms with E-state index in [-0.39, 0.29) is 23.4 Å². The molecule has 0 spiro atoms. The van der Waals surface area contributed by atoms with Crippen molar-refractivity contribution in [2.75, 3.05) is 38.6 Å². The molecule has 0 aliphatic rings. The second-order valence-electron chi connectivity index (χ2n) is 5.78. The number of likely N-dealkylation sites (N-methyl/N-ethyl adjacent to an activating group) is 1. The summed E-state index contributed by atoms with van der Waals surface area (Å²) in [5, 5.41) is 0. The van der Waals surface area contributed by atoms with Gasteiger partial charge in [-0.1, -0.05) is 39.7 Å². The molecule has 25 heavy (non-hydrogen) atoms. The van der Waals surface area contributed by atoms with Crippen molar-refractivity contribution in [1.82, 2.24) is 4.90 Å². The summed E-state index contributed by atoms with van der Waals surface area (Å²) >= 11 is 0. The summed E-state index contributed by atoms with van der Waals surface area (Å²) in [6.45, 7) is 9.17. The topological polar surface area (TPSA) is 81.9 Å². The van der Waals surface area contributed by atoms with Crippen LogP contribution in [0.2, 0.25) is 0 Å². The van der Waals surface area contributed by atoms with Gasteiger partial charge < -0.3 is 20.1 Å². The van der Waals surface area contributed by atoms with E-state index in [2.05, 4.69) is 11.8 Å². The molecule has 1 aromatic rings. The van der Waals surface area contributed by atoms with Crippen LogP contribution < -0.4 is 5.73 Å². The highest BCUT2D eigenvalue weighted by atomic mass is 16.5. The minimum Gasteiger partial charge on any atom is -0.462 e. The summed E-state index contributed by atoms with van der Waals surface area (Å²) in [6.07, 6.45) is 2.83. The highest BCUT2D eigenvalue weighted by molar-refractivity contribution is 6.06. The van der Waals surface area contributed by atoms with Gasteiger partial charge in [0.25, 0.3) is 0 Å². The molecular weight excluding hydrogens is 320 g/mol. The van der Waals surface area contributed by atoms with E-state index in [0.29, 0.717) is 13.2 Å². The minimum atomic E-state index is -0.592. The van der Waals surface area contributed by atoms with Gasteiger partial charge in [0.1, 0.15) is 6.61 Å². The molecular formula is C19H30N2O4. The van der Waals surface area contributed by atoms with Gasteiger partial charge in [0, 0.05) is 12.2 Å². The molecule has 2 N–H and O–H groups in total. The molecule has 0 saturated heterocycles. The molecule has 6 nitrogen and oxygen atoms in total. The van der Waals surface area contributed by atoms with Crippen molar-refractivity contribution < 1.29 is 19.1 Å². The second kappa shape index (κ2) is 11.5. The molecule has 0 fully saturated rings. The third-order valence-electron chi connectivity index (χ3n) is 4.04. The molecule has 1 aromatic carbocycles. The van der Waals surface area contributed by atoms with Crippen LogP contribution in [0.15, 0.2) is 18.2 Å². The Morgan fingerprint density at radius 3 is 2.32 bits per heavy atom. The van der Waals surface area contributed by atoms with Crippen LogP contribution in [0.25, 0.3) is 0 Å². The predicted molar refractivity (Wildman–Crippen MR) is 98.7 cm³/mol. The van der Waals surface area contributed by atoms with Crippen LogP contribution in [0.1, 0.15) is 60.7 Å². The van der Waals surface area contributed by atoms with E-state index in [1.165, 1.54) is 0 Å². The van der Waals surface area contributed by atoms with E-state index in [1.54, 1.807) is 18.2 Å². The number of hydrogen-bond donors (Lipinski definition) is 1. The Bertz CT molecular complexity index is 556. The summed E-state index contributed by atoms with van der Waals surface area (Å²) in [5.41, 5.74) is 6.36. The molecule has 0 radical (unpaired) electrons. The number of nitrogens with two attached hydrogens (primary N) is 1. The number of rotatable bonds is 11. The summed E-state index contributed by atoms with van der Waals surface area (Å²) in [6, 6.07) is 4.75. The third-order valence-corrected chi connectivity index (χ3v) is 4.04. The molecule has 0 unspecified atom stereocenters. The summed E-state index contributed by atoms with van der Waals surface area (Å²) < 4.78 is 10.6. The number of carbonyl (C=O) groups is 2. The smallest absolute Gasteiger partial charge is 0.341 e. The monoisotopic (exact) mass is 350 g/mol. The first-order chi connectivity index (χ1) is 12.0. The third kappa shape index (κ3) is 6.74. The standard InChI is InChI=1S/C19H30N2O4/c1-4-7-8-13-24-18(22)15-10-9-11-16(20)17(15)19(23)25-14-12-21(5-2)6-3/h9-11H,4-8,12-14,20H2,1-3H3. The summed E-state index contributed by atoms with van der Waals surface area (Å²) in [5.74, 6) is -1.13. The maximum Gasteiger partial charge on any atom is 0.341 e. The molecule has 6 heteroatoms. The maximum atomic E-state index is 12.4. The lowest BCUT2D eigenvalue weighted by molar-refractivity contribution is 0.0434. The van der Waals surface area contributed by atoms with E-state index < -0.39 is 11.9 Å². The summed E-state index contributed by atoms with van der Waals surface area (Å²) in [7, 11) is 0. The molecule has 0 aliphatic heterocycles. The van der Waals surface area contributed by atoms with Crippen molar-refractivity contribution in [2.24, 2.45) is 0 Å². The molecule has 1 rings (SSSR count). The number of anilines is 1. The fourth-order valence-electron chi connectivity index (χ4n) is 2.44. The molecule has 0 atom stereocenters. The first-order valence-corrected chi connectivity index (χ1v) is 9.00. The number of carbonyl (C=O) groups excluding carboxylic acids is 2. The van der Waals surface area contributed by atoms with Crippen LogP contribution in [0, 0.1) is 0 Å². The predicted octanol–water partition coefficient (Wildman–Crippen LogP) is 3.11. The zero-order chi connectivity index (χ0) is 18.7. The lowest BCUT2D eigenvalue weighted by atomic mass is 10.1. The van der Waals surface area contributed by atoms with Gasteiger partial charge in [-0.2, -0.15) is 0 Å². The van der Waals surface area contributed by atoms with Gasteiger partial charge in [0.2, 0.25) is 0 Å². The van der Waals surface area contributed by atoms with Gasteiger partial charge in [-0.15, -0.1) is 0 Å². The van der Waals surface area contributed by atoms with E-state index >= 15 is 0 Å².